The van der Waals surface area contributed by atoms with Crippen molar-refractivity contribution < 1.29 is 29.3 Å². The van der Waals surface area contributed by atoms with Crippen molar-refractivity contribution in [3.8, 4) is 0 Å². The number of aliphatic hydroxyl groups is 1. The monoisotopic (exact) mass is 539 g/mol. The predicted octanol–water partition coefficient (Wildman–Crippen LogP) is 2.05. The van der Waals surface area contributed by atoms with Gasteiger partial charge in [0.1, 0.15) is 29.7 Å². The molecule has 3 aliphatic rings. The Kier molecular flexibility index (Phi) is 7.23. The van der Waals surface area contributed by atoms with E-state index >= 15 is 0 Å². The molecule has 3 unspecified atom stereocenters. The molecule has 2 N–H and O–H groups in total. The number of aliphatic hydroxyl groups excluding tert-OH is 1. The van der Waals surface area contributed by atoms with Crippen molar-refractivity contribution in [3.63, 3.8) is 0 Å². The largest absolute Gasteiger partial charge is 0.481 e. The van der Waals surface area contributed by atoms with Gasteiger partial charge in [-0.1, -0.05) is 43.2 Å². The molecule has 5 rings (SSSR count). The number of likely N-dealkylation sites (tertiary alicyclic amines) is 1. The van der Waals surface area contributed by atoms with Gasteiger partial charge in [0.05, 0.1) is 17.0 Å². The highest BCUT2D eigenvalue weighted by molar-refractivity contribution is 5.98. The Hall–Kier alpha value is -3.31. The lowest BCUT2D eigenvalue weighted by atomic mass is 9.62. The number of rotatable bonds is 12. The Balaban J connectivity index is 1.51. The molecule has 2 bridgehead atoms. The van der Waals surface area contributed by atoms with Gasteiger partial charge in [0.25, 0.3) is 0 Å². The van der Waals surface area contributed by atoms with E-state index < -0.39 is 35.0 Å². The van der Waals surface area contributed by atoms with E-state index in [1.165, 1.54) is 0 Å². The van der Waals surface area contributed by atoms with E-state index in [1.807, 2.05) is 31.2 Å². The molecule has 11 nitrogen and oxygen atoms in total. The van der Waals surface area contributed by atoms with Crippen LogP contribution in [0.5, 0.6) is 0 Å². The second-order valence-corrected chi connectivity index (χ2v) is 11.3. The van der Waals surface area contributed by atoms with Crippen molar-refractivity contribution >= 4 is 28.8 Å². The number of carbonyl (C=O) groups excluding carboxylic acids is 2. The van der Waals surface area contributed by atoms with Gasteiger partial charge in [0.15, 0.2) is 0 Å². The quantitative estimate of drug-likeness (QED) is 0.309. The van der Waals surface area contributed by atoms with E-state index in [4.69, 9.17) is 9.84 Å². The van der Waals surface area contributed by atoms with Crippen molar-refractivity contribution in [2.75, 3.05) is 19.7 Å². The lowest BCUT2D eigenvalue weighted by Gasteiger charge is -2.37. The first kappa shape index (κ1) is 27.3. The van der Waals surface area contributed by atoms with Gasteiger partial charge in [-0.3, -0.25) is 14.4 Å². The van der Waals surface area contributed by atoms with Gasteiger partial charge in [0, 0.05) is 19.7 Å². The van der Waals surface area contributed by atoms with Crippen molar-refractivity contribution in [1.82, 2.24) is 24.8 Å². The van der Waals surface area contributed by atoms with E-state index in [2.05, 4.69) is 16.9 Å². The first-order valence-electron chi connectivity index (χ1n) is 13.7. The van der Waals surface area contributed by atoms with Gasteiger partial charge in [-0.05, 0) is 44.2 Å². The predicted molar refractivity (Wildman–Crippen MR) is 141 cm³/mol. The number of benzene rings is 1. The highest BCUT2D eigenvalue weighted by atomic mass is 16.5. The second-order valence-electron chi connectivity index (χ2n) is 11.3. The number of unbranched alkanes of at least 4 members (excludes halogenated alkanes) is 3. The molecule has 0 aliphatic carbocycles. The number of amides is 2. The maximum Gasteiger partial charge on any atom is 0.310 e. The molecule has 0 radical (unpaired) electrons. The van der Waals surface area contributed by atoms with E-state index in [0.717, 1.165) is 18.4 Å². The van der Waals surface area contributed by atoms with Crippen LogP contribution in [0.3, 0.4) is 0 Å². The summed E-state index contributed by atoms with van der Waals surface area (Å²) in [6, 6.07) is 6.50. The van der Waals surface area contributed by atoms with Crippen LogP contribution in [0.2, 0.25) is 0 Å². The molecule has 2 amide bonds. The first-order valence-corrected chi connectivity index (χ1v) is 13.7. The zero-order chi connectivity index (χ0) is 27.9. The SMILES string of the molecule is C=CCN(Cn1nnc2ccccc21)C(=O)C1N(CCCCCCO)C(=O)[C@@H]2[C@@H](C(=O)O)[C@]3(C)OC12CC3C. The number of aliphatic carboxylic acids is 1. The van der Waals surface area contributed by atoms with Gasteiger partial charge >= 0.3 is 5.97 Å². The number of para-hydroxylation sites is 1. The smallest absolute Gasteiger partial charge is 0.310 e. The van der Waals surface area contributed by atoms with Crippen molar-refractivity contribution in [3.05, 3.63) is 36.9 Å². The average Bonchev–Trinajstić information content (AvgIpc) is 3.57. The molecule has 1 aromatic heterocycles. The van der Waals surface area contributed by atoms with Gasteiger partial charge < -0.3 is 24.7 Å². The Bertz CT molecular complexity index is 1280. The topological polar surface area (TPSA) is 138 Å². The zero-order valence-electron chi connectivity index (χ0n) is 22.5. The summed E-state index contributed by atoms with van der Waals surface area (Å²) >= 11 is 0. The lowest BCUT2D eigenvalue weighted by molar-refractivity contribution is -0.158. The van der Waals surface area contributed by atoms with E-state index in [1.54, 1.807) is 27.5 Å². The highest BCUT2D eigenvalue weighted by Gasteiger charge is 2.80. The summed E-state index contributed by atoms with van der Waals surface area (Å²) in [5.74, 6) is -3.82. The molecule has 4 heterocycles. The second kappa shape index (κ2) is 10.3. The summed E-state index contributed by atoms with van der Waals surface area (Å²) < 4.78 is 8.22. The molecule has 3 aliphatic heterocycles. The van der Waals surface area contributed by atoms with Crippen LogP contribution < -0.4 is 0 Å². The summed E-state index contributed by atoms with van der Waals surface area (Å²) in [6.45, 7) is 8.25. The maximum atomic E-state index is 14.5. The number of carboxylic acid groups (broad SMARTS) is 1. The van der Waals surface area contributed by atoms with Gasteiger partial charge in [-0.2, -0.15) is 0 Å². The number of hydrogen-bond donors (Lipinski definition) is 2. The molecule has 3 fully saturated rings. The van der Waals surface area contributed by atoms with E-state index in [9.17, 15) is 19.5 Å². The zero-order valence-corrected chi connectivity index (χ0v) is 22.5. The molecular weight excluding hydrogens is 502 g/mol. The number of ether oxygens (including phenoxy) is 1. The summed E-state index contributed by atoms with van der Waals surface area (Å²) in [5, 5.41) is 27.8. The normalized spacial score (nSPS) is 31.2. The van der Waals surface area contributed by atoms with Crippen LogP contribution >= 0.6 is 0 Å². The van der Waals surface area contributed by atoms with Crippen molar-refractivity contribution in [1.29, 1.82) is 0 Å². The third-order valence-corrected chi connectivity index (χ3v) is 9.01. The fourth-order valence-electron chi connectivity index (χ4n) is 7.11. The Morgan fingerprint density at radius 1 is 1.26 bits per heavy atom. The molecule has 1 aromatic carbocycles. The number of fused-ring (bicyclic) bond motifs is 2. The number of nitrogens with zero attached hydrogens (tertiary/aromatic N) is 5. The Morgan fingerprint density at radius 2 is 2.00 bits per heavy atom. The highest BCUT2D eigenvalue weighted by Crippen LogP contribution is 2.65. The van der Waals surface area contributed by atoms with Crippen molar-refractivity contribution in [2.24, 2.45) is 17.8 Å². The van der Waals surface area contributed by atoms with Crippen LogP contribution in [0, 0.1) is 17.8 Å². The minimum Gasteiger partial charge on any atom is -0.481 e. The molecular formula is C28H37N5O6. The van der Waals surface area contributed by atoms with Crippen LogP contribution in [0.15, 0.2) is 36.9 Å². The maximum absolute atomic E-state index is 14.5. The van der Waals surface area contributed by atoms with E-state index in [0.29, 0.717) is 31.3 Å². The van der Waals surface area contributed by atoms with Crippen LogP contribution in [-0.2, 0) is 25.8 Å². The summed E-state index contributed by atoms with van der Waals surface area (Å²) in [5.41, 5.74) is -0.792. The Morgan fingerprint density at radius 3 is 2.72 bits per heavy atom. The Labute approximate surface area is 227 Å². The summed E-state index contributed by atoms with van der Waals surface area (Å²) in [4.78, 5) is 44.1. The lowest BCUT2D eigenvalue weighted by Crippen LogP contribution is -2.56. The molecule has 2 aromatic rings. The van der Waals surface area contributed by atoms with Gasteiger partial charge in [-0.25, -0.2) is 4.68 Å². The standard InChI is InChI=1S/C28H37N5O6/c1-4-13-31(17-33-20-12-8-7-11-19(20)29-30-33)25(36)23-28-16-18(2)27(3,39-28)22(26(37)38)21(28)24(35)32(23)14-9-5-6-10-15-34/h4,7-8,11-12,18,21-23,34H,1,5-6,9-10,13-17H2,2-3H3,(H,37,38)/t18?,21-,22-,23?,27+,28?/m0/s1. The third-order valence-electron chi connectivity index (χ3n) is 9.01. The van der Waals surface area contributed by atoms with Crippen LogP contribution in [0.25, 0.3) is 11.0 Å². The minimum absolute atomic E-state index is 0.0936. The number of hydrogen-bond acceptors (Lipinski definition) is 7. The first-order chi connectivity index (χ1) is 18.7. The van der Waals surface area contributed by atoms with Gasteiger partial charge in [-0.15, -0.1) is 11.7 Å². The fourth-order valence-corrected chi connectivity index (χ4v) is 7.11. The molecule has 210 valence electrons. The fraction of sp³-hybridized carbons (Fsp3) is 0.607. The van der Waals surface area contributed by atoms with Crippen LogP contribution in [0.4, 0.5) is 0 Å². The van der Waals surface area contributed by atoms with Crippen molar-refractivity contribution in [2.45, 2.75) is 69.9 Å². The number of aromatic nitrogens is 3. The number of carboxylic acids is 1. The van der Waals surface area contributed by atoms with Gasteiger partial charge in [0.2, 0.25) is 11.8 Å². The molecule has 6 atom stereocenters. The number of carbonyl (C=O) groups is 3. The molecule has 1 spiro atoms. The molecule has 39 heavy (non-hydrogen) atoms. The molecule has 0 saturated carbocycles. The third kappa shape index (κ3) is 4.22. The minimum atomic E-state index is -1.22. The van der Waals surface area contributed by atoms with Crippen LogP contribution in [0.1, 0.15) is 46.0 Å². The summed E-state index contributed by atoms with van der Waals surface area (Å²) in [7, 11) is 0. The molecule has 3 saturated heterocycles. The molecule has 11 heteroatoms. The summed E-state index contributed by atoms with van der Waals surface area (Å²) in [6.07, 6.45) is 4.94. The van der Waals surface area contributed by atoms with E-state index in [-0.39, 0.29) is 37.6 Å². The van der Waals surface area contributed by atoms with Crippen LogP contribution in [-0.4, -0.2) is 89.7 Å². The average molecular weight is 540 g/mol.